The van der Waals surface area contributed by atoms with E-state index in [0.29, 0.717) is 5.11 Å². The molecule has 2 heterocycles. The fraction of sp³-hybridized carbons (Fsp3) is 0. The van der Waals surface area contributed by atoms with Gasteiger partial charge in [-0.15, -0.1) is 11.3 Å². The van der Waals surface area contributed by atoms with Gasteiger partial charge in [-0.25, -0.2) is 4.98 Å². The number of para-hydroxylation sites is 1. The van der Waals surface area contributed by atoms with Crippen molar-refractivity contribution in [3.05, 3.63) is 84.5 Å². The van der Waals surface area contributed by atoms with E-state index in [2.05, 4.69) is 21.0 Å². The van der Waals surface area contributed by atoms with Crippen LogP contribution in [0.25, 0.3) is 21.8 Å². The number of benzene rings is 2. The molecular weight excluding hydrogens is 372 g/mol. The normalized spacial score (nSPS) is 10.4. The zero-order valence-electron chi connectivity index (χ0n) is 14.3. The molecule has 6 heteroatoms. The SMILES string of the molecule is S=C(Nc1ccccc1)Nc1cccc(-c2csc(-c3ccncc3)n2)c1. The van der Waals surface area contributed by atoms with Crippen LogP contribution in [0, 0.1) is 0 Å². The van der Waals surface area contributed by atoms with Gasteiger partial charge in [-0.3, -0.25) is 4.98 Å². The molecule has 132 valence electrons. The highest BCUT2D eigenvalue weighted by Crippen LogP contribution is 2.29. The van der Waals surface area contributed by atoms with Crippen LogP contribution >= 0.6 is 23.6 Å². The molecule has 0 saturated heterocycles. The molecule has 2 N–H and O–H groups in total. The summed E-state index contributed by atoms with van der Waals surface area (Å²) in [7, 11) is 0. The molecular formula is C21H16N4S2. The van der Waals surface area contributed by atoms with Crippen LogP contribution in [0.2, 0.25) is 0 Å². The summed E-state index contributed by atoms with van der Waals surface area (Å²) in [5.74, 6) is 0. The lowest BCUT2D eigenvalue weighted by atomic mass is 10.1. The Morgan fingerprint density at radius 1 is 0.815 bits per heavy atom. The highest BCUT2D eigenvalue weighted by Gasteiger charge is 2.08. The predicted molar refractivity (Wildman–Crippen MR) is 117 cm³/mol. The lowest BCUT2D eigenvalue weighted by molar-refractivity contribution is 1.32. The predicted octanol–water partition coefficient (Wildman–Crippen LogP) is 5.68. The summed E-state index contributed by atoms with van der Waals surface area (Å²) < 4.78 is 0. The second-order valence-corrected chi connectivity index (χ2v) is 7.07. The molecule has 0 unspecified atom stereocenters. The van der Waals surface area contributed by atoms with Crippen LogP contribution in [0.5, 0.6) is 0 Å². The first-order chi connectivity index (χ1) is 13.3. The highest BCUT2D eigenvalue weighted by atomic mass is 32.1. The first-order valence-corrected chi connectivity index (χ1v) is 9.66. The molecule has 2 aromatic heterocycles. The Balaban J connectivity index is 1.49. The molecule has 0 spiro atoms. The maximum Gasteiger partial charge on any atom is 0.175 e. The van der Waals surface area contributed by atoms with Gasteiger partial charge in [0.15, 0.2) is 5.11 Å². The number of nitrogens with one attached hydrogen (secondary N) is 2. The molecule has 0 saturated carbocycles. The Morgan fingerprint density at radius 3 is 2.37 bits per heavy atom. The Morgan fingerprint density at radius 2 is 1.56 bits per heavy atom. The Labute approximate surface area is 167 Å². The molecule has 27 heavy (non-hydrogen) atoms. The van der Waals surface area contributed by atoms with Crippen molar-refractivity contribution in [2.45, 2.75) is 0 Å². The summed E-state index contributed by atoms with van der Waals surface area (Å²) in [5, 5.41) is 10.00. The number of thiocarbonyl (C=S) groups is 1. The molecule has 4 rings (SSSR count). The van der Waals surface area contributed by atoms with E-state index >= 15 is 0 Å². The zero-order chi connectivity index (χ0) is 18.5. The van der Waals surface area contributed by atoms with Gasteiger partial charge in [0.2, 0.25) is 0 Å². The first kappa shape index (κ1) is 17.3. The third-order valence-corrected chi connectivity index (χ3v) is 4.97. The maximum atomic E-state index is 5.40. The molecule has 4 nitrogen and oxygen atoms in total. The van der Waals surface area contributed by atoms with Gasteiger partial charge >= 0.3 is 0 Å². The van der Waals surface area contributed by atoms with Crippen molar-refractivity contribution in [2.75, 3.05) is 10.6 Å². The van der Waals surface area contributed by atoms with Gasteiger partial charge in [0.1, 0.15) is 5.01 Å². The minimum Gasteiger partial charge on any atom is -0.332 e. The van der Waals surface area contributed by atoms with Crippen molar-refractivity contribution in [3.8, 4) is 21.8 Å². The summed E-state index contributed by atoms with van der Waals surface area (Å²) >= 11 is 7.03. The summed E-state index contributed by atoms with van der Waals surface area (Å²) in [4.78, 5) is 8.81. The third kappa shape index (κ3) is 4.36. The standard InChI is InChI=1S/C21H16N4S2/c26-21(23-17-6-2-1-3-7-17)24-18-8-4-5-16(13-18)19-14-27-20(25-19)15-9-11-22-12-10-15/h1-14H,(H2,23,24,26). The van der Waals surface area contributed by atoms with E-state index in [4.69, 9.17) is 17.2 Å². The van der Waals surface area contributed by atoms with E-state index in [1.807, 2.05) is 66.7 Å². The second-order valence-electron chi connectivity index (χ2n) is 5.80. The number of anilines is 2. The van der Waals surface area contributed by atoms with E-state index in [9.17, 15) is 0 Å². The molecule has 0 radical (unpaired) electrons. The number of thiazole rings is 1. The number of aromatic nitrogens is 2. The number of nitrogens with zero attached hydrogens (tertiary/aromatic N) is 2. The molecule has 0 amide bonds. The van der Waals surface area contributed by atoms with Crippen LogP contribution < -0.4 is 10.6 Å². The molecule has 0 aliphatic heterocycles. The van der Waals surface area contributed by atoms with E-state index < -0.39 is 0 Å². The second kappa shape index (κ2) is 8.07. The Kier molecular flexibility index (Phi) is 5.18. The smallest absolute Gasteiger partial charge is 0.175 e. The van der Waals surface area contributed by atoms with E-state index in [1.165, 1.54) is 0 Å². The monoisotopic (exact) mass is 388 g/mol. The number of rotatable bonds is 4. The number of hydrogen-bond donors (Lipinski definition) is 2. The van der Waals surface area contributed by atoms with Crippen molar-refractivity contribution >= 4 is 40.0 Å². The van der Waals surface area contributed by atoms with Gasteiger partial charge in [-0.05, 0) is 48.6 Å². The summed E-state index contributed by atoms with van der Waals surface area (Å²) in [6.45, 7) is 0. The lowest BCUT2D eigenvalue weighted by Crippen LogP contribution is -2.18. The number of hydrogen-bond acceptors (Lipinski definition) is 4. The van der Waals surface area contributed by atoms with Crippen LogP contribution in [0.1, 0.15) is 0 Å². The zero-order valence-corrected chi connectivity index (χ0v) is 15.9. The van der Waals surface area contributed by atoms with Crippen LogP contribution in [-0.2, 0) is 0 Å². The summed E-state index contributed by atoms with van der Waals surface area (Å²) in [6, 6.07) is 21.9. The molecule has 0 bridgehead atoms. The van der Waals surface area contributed by atoms with Gasteiger partial charge in [0.25, 0.3) is 0 Å². The van der Waals surface area contributed by atoms with Crippen LogP contribution in [0.15, 0.2) is 84.5 Å². The minimum atomic E-state index is 0.550. The molecule has 4 aromatic rings. The van der Waals surface area contributed by atoms with Crippen molar-refractivity contribution in [3.63, 3.8) is 0 Å². The van der Waals surface area contributed by atoms with Gasteiger partial charge in [0, 0.05) is 40.3 Å². The first-order valence-electron chi connectivity index (χ1n) is 8.37. The van der Waals surface area contributed by atoms with E-state index in [0.717, 1.165) is 33.2 Å². The average Bonchev–Trinajstić information content (AvgIpc) is 3.20. The van der Waals surface area contributed by atoms with Gasteiger partial charge in [-0.2, -0.15) is 0 Å². The highest BCUT2D eigenvalue weighted by molar-refractivity contribution is 7.80. The molecule has 0 aliphatic rings. The Hall–Kier alpha value is -3.09. The molecule has 0 atom stereocenters. The van der Waals surface area contributed by atoms with Gasteiger partial charge < -0.3 is 10.6 Å². The summed E-state index contributed by atoms with van der Waals surface area (Å²) in [5.41, 5.74) is 4.92. The van der Waals surface area contributed by atoms with Crippen LogP contribution in [-0.4, -0.2) is 15.1 Å². The molecule has 0 aliphatic carbocycles. The fourth-order valence-corrected chi connectivity index (χ4v) is 3.68. The summed E-state index contributed by atoms with van der Waals surface area (Å²) in [6.07, 6.45) is 3.56. The van der Waals surface area contributed by atoms with Crippen LogP contribution in [0.4, 0.5) is 11.4 Å². The van der Waals surface area contributed by atoms with Crippen molar-refractivity contribution in [2.24, 2.45) is 0 Å². The third-order valence-electron chi connectivity index (χ3n) is 3.88. The Bertz CT molecular complexity index is 1050. The molecule has 0 fully saturated rings. The van der Waals surface area contributed by atoms with E-state index in [1.54, 1.807) is 23.7 Å². The topological polar surface area (TPSA) is 49.8 Å². The van der Waals surface area contributed by atoms with Crippen molar-refractivity contribution in [1.29, 1.82) is 0 Å². The quantitative estimate of drug-likeness (QED) is 0.440. The average molecular weight is 389 g/mol. The van der Waals surface area contributed by atoms with Crippen molar-refractivity contribution in [1.82, 2.24) is 9.97 Å². The molecule has 2 aromatic carbocycles. The van der Waals surface area contributed by atoms with E-state index in [-0.39, 0.29) is 0 Å². The lowest BCUT2D eigenvalue weighted by Gasteiger charge is -2.11. The minimum absolute atomic E-state index is 0.550. The van der Waals surface area contributed by atoms with Crippen LogP contribution in [0.3, 0.4) is 0 Å². The maximum absolute atomic E-state index is 5.40. The van der Waals surface area contributed by atoms with Gasteiger partial charge in [-0.1, -0.05) is 30.3 Å². The fourth-order valence-electron chi connectivity index (χ4n) is 2.60. The largest absolute Gasteiger partial charge is 0.332 e. The van der Waals surface area contributed by atoms with Gasteiger partial charge in [0.05, 0.1) is 5.69 Å². The number of pyridine rings is 1. The van der Waals surface area contributed by atoms with Crippen molar-refractivity contribution < 1.29 is 0 Å².